The maximum Gasteiger partial charge on any atom is 0.324 e. The minimum absolute atomic E-state index is 0.154. The third-order valence-corrected chi connectivity index (χ3v) is 3.66. The number of amides is 2. The fourth-order valence-electron chi connectivity index (χ4n) is 2.55. The van der Waals surface area contributed by atoms with Gasteiger partial charge in [0, 0.05) is 24.2 Å². The minimum Gasteiger partial charge on any atom is -0.459 e. The summed E-state index contributed by atoms with van der Waals surface area (Å²) in [5, 5.41) is 19.8. The zero-order valence-corrected chi connectivity index (χ0v) is 13.7. The van der Waals surface area contributed by atoms with E-state index in [1.807, 2.05) is 6.07 Å². The van der Waals surface area contributed by atoms with E-state index in [2.05, 4.69) is 22.7 Å². The monoisotopic (exact) mass is 328 g/mol. The van der Waals surface area contributed by atoms with Gasteiger partial charge in [-0.2, -0.15) is 5.10 Å². The number of hydrogen-bond donors (Lipinski definition) is 3. The van der Waals surface area contributed by atoms with Gasteiger partial charge in [0.05, 0.1) is 5.69 Å². The molecule has 0 spiro atoms. The number of aliphatic hydroxyl groups excluding tert-OH is 1. The molecule has 3 aromatic rings. The van der Waals surface area contributed by atoms with E-state index < -0.39 is 0 Å². The predicted molar refractivity (Wildman–Crippen MR) is 92.0 cm³/mol. The molecule has 3 N–H and O–H groups in total. The van der Waals surface area contributed by atoms with Crippen molar-refractivity contribution >= 4 is 28.5 Å². The summed E-state index contributed by atoms with van der Waals surface area (Å²) >= 11 is 0. The number of nitrogens with zero attached hydrogens (tertiary/aromatic N) is 2. The lowest BCUT2D eigenvalue weighted by Gasteiger charge is -2.07. The van der Waals surface area contributed by atoms with Crippen molar-refractivity contribution in [2.24, 2.45) is 7.05 Å². The van der Waals surface area contributed by atoms with E-state index in [9.17, 15) is 4.79 Å². The summed E-state index contributed by atoms with van der Waals surface area (Å²) in [4.78, 5) is 12.2. The van der Waals surface area contributed by atoms with Gasteiger partial charge in [0.25, 0.3) is 0 Å². The fraction of sp³-hybridized carbons (Fsp3) is 0.294. The van der Waals surface area contributed by atoms with Crippen molar-refractivity contribution in [1.29, 1.82) is 0 Å². The van der Waals surface area contributed by atoms with Crippen LogP contribution in [0.1, 0.15) is 24.8 Å². The van der Waals surface area contributed by atoms with Gasteiger partial charge in [0.2, 0.25) is 0 Å². The summed E-state index contributed by atoms with van der Waals surface area (Å²) in [5.41, 5.74) is 2.26. The first-order chi connectivity index (χ1) is 11.6. The summed E-state index contributed by atoms with van der Waals surface area (Å²) < 4.78 is 7.07. The van der Waals surface area contributed by atoms with E-state index in [-0.39, 0.29) is 12.6 Å². The van der Waals surface area contributed by atoms with E-state index in [0.717, 1.165) is 23.9 Å². The standard InChI is InChI=1S/C17H20N4O3/c1-3-4-13-9-16(21(2)20-13)19-17(23)18-12-5-6-15-11(7-12)8-14(10-22)24-15/h5-9,22H,3-4,10H2,1-2H3,(H2,18,19,23). The first-order valence-electron chi connectivity index (χ1n) is 7.83. The summed E-state index contributed by atoms with van der Waals surface area (Å²) in [5.74, 6) is 1.13. The second kappa shape index (κ2) is 6.76. The summed E-state index contributed by atoms with van der Waals surface area (Å²) in [6, 6.07) is 8.58. The molecule has 0 aliphatic carbocycles. The van der Waals surface area contributed by atoms with Crippen molar-refractivity contribution < 1.29 is 14.3 Å². The number of hydrogen-bond acceptors (Lipinski definition) is 4. The maximum absolute atomic E-state index is 12.2. The highest BCUT2D eigenvalue weighted by Gasteiger charge is 2.10. The van der Waals surface area contributed by atoms with Crippen LogP contribution in [0.25, 0.3) is 11.0 Å². The molecule has 0 aliphatic rings. The Bertz CT molecular complexity index is 866. The van der Waals surface area contributed by atoms with E-state index in [4.69, 9.17) is 9.52 Å². The largest absolute Gasteiger partial charge is 0.459 e. The smallest absolute Gasteiger partial charge is 0.324 e. The topological polar surface area (TPSA) is 92.3 Å². The maximum atomic E-state index is 12.2. The first kappa shape index (κ1) is 16.1. The Kier molecular flexibility index (Phi) is 4.52. The molecular formula is C17H20N4O3. The second-order valence-electron chi connectivity index (χ2n) is 5.60. The molecule has 0 saturated heterocycles. The van der Waals surface area contributed by atoms with E-state index >= 15 is 0 Å². The molecule has 2 amide bonds. The molecule has 3 rings (SSSR count). The van der Waals surface area contributed by atoms with Crippen LogP contribution in [0.2, 0.25) is 0 Å². The molecule has 0 radical (unpaired) electrons. The van der Waals surface area contributed by atoms with Crippen LogP contribution < -0.4 is 10.6 Å². The molecule has 0 fully saturated rings. The molecule has 0 bridgehead atoms. The van der Waals surface area contributed by atoms with Gasteiger partial charge in [-0.3, -0.25) is 10.00 Å². The number of carbonyl (C=O) groups is 1. The molecule has 7 nitrogen and oxygen atoms in total. The van der Waals surface area contributed by atoms with Gasteiger partial charge >= 0.3 is 6.03 Å². The van der Waals surface area contributed by atoms with Crippen molar-refractivity contribution in [1.82, 2.24) is 9.78 Å². The third kappa shape index (κ3) is 3.41. The van der Waals surface area contributed by atoms with Gasteiger partial charge in [0.1, 0.15) is 23.8 Å². The predicted octanol–water partition coefficient (Wildman–Crippen LogP) is 3.26. The number of carbonyl (C=O) groups excluding carboxylic acids is 1. The van der Waals surface area contributed by atoms with E-state index in [1.54, 1.807) is 36.0 Å². The molecule has 1 aromatic carbocycles. The molecule has 0 saturated carbocycles. The number of fused-ring (bicyclic) bond motifs is 1. The molecule has 0 aliphatic heterocycles. The Morgan fingerprint density at radius 3 is 2.88 bits per heavy atom. The molecule has 0 atom stereocenters. The van der Waals surface area contributed by atoms with Gasteiger partial charge in [-0.25, -0.2) is 4.79 Å². The van der Waals surface area contributed by atoms with Gasteiger partial charge in [-0.1, -0.05) is 13.3 Å². The first-order valence-corrected chi connectivity index (χ1v) is 7.83. The van der Waals surface area contributed by atoms with E-state index in [1.165, 1.54) is 0 Å². The van der Waals surface area contributed by atoms with E-state index in [0.29, 0.717) is 22.8 Å². The highest BCUT2D eigenvalue weighted by Crippen LogP contribution is 2.23. The summed E-state index contributed by atoms with van der Waals surface area (Å²) in [6.07, 6.45) is 1.88. The van der Waals surface area contributed by atoms with Crippen LogP contribution in [0.4, 0.5) is 16.3 Å². The Hall–Kier alpha value is -2.80. The third-order valence-electron chi connectivity index (χ3n) is 3.66. The van der Waals surface area contributed by atoms with Crippen LogP contribution in [-0.4, -0.2) is 20.9 Å². The quantitative estimate of drug-likeness (QED) is 0.670. The van der Waals surface area contributed by atoms with Crippen molar-refractivity contribution in [3.8, 4) is 0 Å². The number of aryl methyl sites for hydroxylation is 2. The Morgan fingerprint density at radius 1 is 1.29 bits per heavy atom. The summed E-state index contributed by atoms with van der Waals surface area (Å²) in [7, 11) is 1.79. The number of anilines is 2. The van der Waals surface area contributed by atoms with Crippen molar-refractivity contribution in [3.05, 3.63) is 41.8 Å². The Labute approximate surface area is 139 Å². The number of rotatable bonds is 5. The number of nitrogens with one attached hydrogen (secondary N) is 2. The lowest BCUT2D eigenvalue weighted by Crippen LogP contribution is -2.20. The molecule has 7 heteroatoms. The number of aliphatic hydroxyl groups is 1. The van der Waals surface area contributed by atoms with Crippen LogP contribution in [0.5, 0.6) is 0 Å². The molecule has 0 unspecified atom stereocenters. The van der Waals surface area contributed by atoms with Gasteiger partial charge < -0.3 is 14.8 Å². The zero-order valence-electron chi connectivity index (χ0n) is 13.7. The Balaban J connectivity index is 1.70. The van der Waals surface area contributed by atoms with Crippen LogP contribution in [0, 0.1) is 0 Å². The normalized spacial score (nSPS) is 11.0. The van der Waals surface area contributed by atoms with Crippen LogP contribution in [0.3, 0.4) is 0 Å². The average molecular weight is 328 g/mol. The van der Waals surface area contributed by atoms with Gasteiger partial charge in [0.15, 0.2) is 0 Å². The number of furan rings is 1. The summed E-state index contributed by atoms with van der Waals surface area (Å²) in [6.45, 7) is 1.93. The second-order valence-corrected chi connectivity index (χ2v) is 5.60. The number of urea groups is 1. The number of benzene rings is 1. The average Bonchev–Trinajstić information content (AvgIpc) is 3.10. The highest BCUT2D eigenvalue weighted by atomic mass is 16.4. The SMILES string of the molecule is CCCc1cc(NC(=O)Nc2ccc3oc(CO)cc3c2)n(C)n1. The van der Waals surface area contributed by atoms with Crippen molar-refractivity contribution in [2.45, 2.75) is 26.4 Å². The molecule has 2 heterocycles. The van der Waals surface area contributed by atoms with Crippen LogP contribution in [-0.2, 0) is 20.1 Å². The molecular weight excluding hydrogens is 308 g/mol. The lowest BCUT2D eigenvalue weighted by atomic mass is 10.2. The molecule has 126 valence electrons. The van der Waals surface area contributed by atoms with Crippen LogP contribution in [0.15, 0.2) is 34.7 Å². The van der Waals surface area contributed by atoms with Gasteiger partial charge in [-0.05, 0) is 30.7 Å². The highest BCUT2D eigenvalue weighted by molar-refractivity contribution is 6.00. The number of aromatic nitrogens is 2. The van der Waals surface area contributed by atoms with Crippen molar-refractivity contribution in [2.75, 3.05) is 10.6 Å². The zero-order chi connectivity index (χ0) is 17.1. The van der Waals surface area contributed by atoms with Crippen molar-refractivity contribution in [3.63, 3.8) is 0 Å². The lowest BCUT2D eigenvalue weighted by molar-refractivity contribution is 0.251. The fourth-order valence-corrected chi connectivity index (χ4v) is 2.55. The van der Waals surface area contributed by atoms with Gasteiger partial charge in [-0.15, -0.1) is 0 Å². The minimum atomic E-state index is -0.341. The molecule has 2 aromatic heterocycles. The Morgan fingerprint density at radius 2 is 2.12 bits per heavy atom. The molecule has 24 heavy (non-hydrogen) atoms. The van der Waals surface area contributed by atoms with Crippen LogP contribution >= 0.6 is 0 Å².